The van der Waals surface area contributed by atoms with E-state index in [1.807, 2.05) is 49.4 Å². The van der Waals surface area contributed by atoms with E-state index in [1.54, 1.807) is 0 Å². The van der Waals surface area contributed by atoms with Crippen LogP contribution >= 0.6 is 0 Å². The SMILES string of the molecule is Cc1oc(-c2ccccc2)nc1Cc1ccc(CC(CO)CO)cc1. The summed E-state index contributed by atoms with van der Waals surface area (Å²) < 4.78 is 5.81. The molecule has 1 aromatic heterocycles. The van der Waals surface area contributed by atoms with Gasteiger partial charge in [-0.1, -0.05) is 42.5 Å². The molecule has 0 bridgehead atoms. The third-order valence-electron chi connectivity index (χ3n) is 4.35. The molecule has 130 valence electrons. The average molecular weight is 337 g/mol. The average Bonchev–Trinajstić information content (AvgIpc) is 3.02. The lowest BCUT2D eigenvalue weighted by Gasteiger charge is -2.11. The summed E-state index contributed by atoms with van der Waals surface area (Å²) in [5.74, 6) is 1.39. The second-order valence-electron chi connectivity index (χ2n) is 6.32. The van der Waals surface area contributed by atoms with Gasteiger partial charge in [-0.15, -0.1) is 0 Å². The minimum atomic E-state index is -0.0999. The molecular weight excluding hydrogens is 314 g/mol. The Balaban J connectivity index is 1.71. The maximum atomic E-state index is 9.18. The van der Waals surface area contributed by atoms with Crippen LogP contribution in [-0.4, -0.2) is 28.4 Å². The van der Waals surface area contributed by atoms with Gasteiger partial charge in [-0.05, 0) is 36.6 Å². The lowest BCUT2D eigenvalue weighted by atomic mass is 9.99. The normalized spacial score (nSPS) is 11.2. The van der Waals surface area contributed by atoms with E-state index in [4.69, 9.17) is 4.42 Å². The summed E-state index contributed by atoms with van der Waals surface area (Å²) in [5, 5.41) is 18.4. The summed E-state index contributed by atoms with van der Waals surface area (Å²) in [7, 11) is 0. The van der Waals surface area contributed by atoms with Gasteiger partial charge in [0.1, 0.15) is 5.76 Å². The molecule has 0 unspecified atom stereocenters. The first-order valence-corrected chi connectivity index (χ1v) is 8.51. The Morgan fingerprint density at radius 2 is 1.56 bits per heavy atom. The van der Waals surface area contributed by atoms with Gasteiger partial charge in [0.15, 0.2) is 0 Å². The molecule has 0 spiro atoms. The Morgan fingerprint density at radius 3 is 2.20 bits per heavy atom. The van der Waals surface area contributed by atoms with Crippen molar-refractivity contribution >= 4 is 0 Å². The van der Waals surface area contributed by atoms with Crippen LogP contribution in [0, 0.1) is 12.8 Å². The van der Waals surface area contributed by atoms with E-state index < -0.39 is 0 Å². The van der Waals surface area contributed by atoms with E-state index >= 15 is 0 Å². The molecule has 2 aromatic carbocycles. The molecule has 0 saturated carbocycles. The monoisotopic (exact) mass is 337 g/mol. The molecule has 3 rings (SSSR count). The van der Waals surface area contributed by atoms with Crippen molar-refractivity contribution in [3.8, 4) is 11.5 Å². The molecule has 0 amide bonds. The van der Waals surface area contributed by atoms with Crippen molar-refractivity contribution in [3.63, 3.8) is 0 Å². The largest absolute Gasteiger partial charge is 0.441 e. The summed E-state index contributed by atoms with van der Waals surface area (Å²) in [6.07, 6.45) is 1.39. The van der Waals surface area contributed by atoms with Crippen LogP contribution in [-0.2, 0) is 12.8 Å². The minimum absolute atomic E-state index is 0.00134. The number of oxazole rings is 1. The van der Waals surface area contributed by atoms with Crippen molar-refractivity contribution in [3.05, 3.63) is 77.2 Å². The highest BCUT2D eigenvalue weighted by Gasteiger charge is 2.12. The topological polar surface area (TPSA) is 66.5 Å². The highest BCUT2D eigenvalue weighted by molar-refractivity contribution is 5.53. The summed E-state index contributed by atoms with van der Waals surface area (Å²) in [6.45, 7) is 1.94. The molecule has 0 fully saturated rings. The fourth-order valence-electron chi connectivity index (χ4n) is 2.80. The maximum Gasteiger partial charge on any atom is 0.226 e. The van der Waals surface area contributed by atoms with Crippen LogP contribution in [0.25, 0.3) is 11.5 Å². The Labute approximate surface area is 147 Å². The zero-order valence-corrected chi connectivity index (χ0v) is 14.4. The zero-order chi connectivity index (χ0) is 17.6. The molecule has 0 saturated heterocycles. The predicted octanol–water partition coefficient (Wildman–Crippen LogP) is 3.38. The number of benzene rings is 2. The number of hydrogen-bond acceptors (Lipinski definition) is 4. The first kappa shape index (κ1) is 17.4. The van der Waals surface area contributed by atoms with Crippen LogP contribution in [0.5, 0.6) is 0 Å². The van der Waals surface area contributed by atoms with Gasteiger partial charge in [0, 0.05) is 31.1 Å². The van der Waals surface area contributed by atoms with Gasteiger partial charge in [0.25, 0.3) is 0 Å². The predicted molar refractivity (Wildman–Crippen MR) is 97.3 cm³/mol. The molecule has 4 heteroatoms. The summed E-state index contributed by atoms with van der Waals surface area (Å²) in [6, 6.07) is 18.1. The molecule has 0 aliphatic rings. The van der Waals surface area contributed by atoms with Gasteiger partial charge in [-0.25, -0.2) is 4.98 Å². The lowest BCUT2D eigenvalue weighted by molar-refractivity contribution is 0.150. The summed E-state index contributed by atoms with van der Waals surface area (Å²) in [5.41, 5.74) is 4.18. The van der Waals surface area contributed by atoms with E-state index in [9.17, 15) is 10.2 Å². The maximum absolute atomic E-state index is 9.18. The van der Waals surface area contributed by atoms with Crippen LogP contribution in [0.3, 0.4) is 0 Å². The van der Waals surface area contributed by atoms with Gasteiger partial charge >= 0.3 is 0 Å². The van der Waals surface area contributed by atoms with Crippen molar-refractivity contribution in [2.75, 3.05) is 13.2 Å². The molecule has 0 aliphatic carbocycles. The van der Waals surface area contributed by atoms with Crippen LogP contribution in [0.15, 0.2) is 59.0 Å². The number of nitrogens with zero attached hydrogens (tertiary/aromatic N) is 1. The van der Waals surface area contributed by atoms with E-state index in [-0.39, 0.29) is 19.1 Å². The minimum Gasteiger partial charge on any atom is -0.441 e. The smallest absolute Gasteiger partial charge is 0.226 e. The van der Waals surface area contributed by atoms with E-state index in [0.29, 0.717) is 18.7 Å². The van der Waals surface area contributed by atoms with Crippen molar-refractivity contribution in [2.24, 2.45) is 5.92 Å². The fourth-order valence-corrected chi connectivity index (χ4v) is 2.80. The molecule has 3 aromatic rings. The Hall–Kier alpha value is -2.43. The van der Waals surface area contributed by atoms with Crippen molar-refractivity contribution < 1.29 is 14.6 Å². The van der Waals surface area contributed by atoms with Crippen LogP contribution in [0.1, 0.15) is 22.6 Å². The van der Waals surface area contributed by atoms with E-state index in [0.717, 1.165) is 28.1 Å². The highest BCUT2D eigenvalue weighted by atomic mass is 16.4. The molecule has 4 nitrogen and oxygen atoms in total. The second-order valence-corrected chi connectivity index (χ2v) is 6.32. The summed E-state index contributed by atoms with van der Waals surface area (Å²) in [4.78, 5) is 4.64. The van der Waals surface area contributed by atoms with Crippen LogP contribution in [0.2, 0.25) is 0 Å². The van der Waals surface area contributed by atoms with Crippen molar-refractivity contribution in [1.29, 1.82) is 0 Å². The number of aromatic nitrogens is 1. The molecule has 25 heavy (non-hydrogen) atoms. The molecule has 0 radical (unpaired) electrons. The molecule has 2 N–H and O–H groups in total. The Morgan fingerprint density at radius 1 is 0.920 bits per heavy atom. The van der Waals surface area contributed by atoms with Gasteiger partial charge in [-0.2, -0.15) is 0 Å². The molecular formula is C21H23NO3. The third kappa shape index (κ3) is 4.35. The number of rotatable bonds is 7. The highest BCUT2D eigenvalue weighted by Crippen LogP contribution is 2.23. The van der Waals surface area contributed by atoms with Gasteiger partial charge in [-0.3, -0.25) is 0 Å². The second kappa shape index (κ2) is 8.10. The first-order valence-electron chi connectivity index (χ1n) is 8.51. The Bertz CT molecular complexity index is 790. The number of aliphatic hydroxyl groups excluding tert-OH is 2. The van der Waals surface area contributed by atoms with Crippen LogP contribution < -0.4 is 0 Å². The fraction of sp³-hybridized carbons (Fsp3) is 0.286. The van der Waals surface area contributed by atoms with Crippen LogP contribution in [0.4, 0.5) is 0 Å². The standard InChI is InChI=1S/C21H23NO3/c1-15-20(22-21(25-15)19-5-3-2-4-6-19)12-17-9-7-16(8-10-17)11-18(13-23)14-24/h2-10,18,23-24H,11-14H2,1H3. The Kier molecular flexibility index (Phi) is 5.64. The third-order valence-corrected chi connectivity index (χ3v) is 4.35. The van der Waals surface area contributed by atoms with E-state index in [1.165, 1.54) is 0 Å². The number of aryl methyl sites for hydroxylation is 1. The molecule has 0 aliphatic heterocycles. The summed E-state index contributed by atoms with van der Waals surface area (Å²) >= 11 is 0. The first-order chi connectivity index (χ1) is 12.2. The van der Waals surface area contributed by atoms with Gasteiger partial charge in [0.2, 0.25) is 5.89 Å². The lowest BCUT2D eigenvalue weighted by Crippen LogP contribution is -2.13. The zero-order valence-electron chi connectivity index (χ0n) is 14.4. The van der Waals surface area contributed by atoms with Crippen molar-refractivity contribution in [2.45, 2.75) is 19.8 Å². The number of hydrogen-bond donors (Lipinski definition) is 2. The van der Waals surface area contributed by atoms with E-state index in [2.05, 4.69) is 17.1 Å². The quantitative estimate of drug-likeness (QED) is 0.693. The number of aliphatic hydroxyl groups is 2. The van der Waals surface area contributed by atoms with Gasteiger partial charge < -0.3 is 14.6 Å². The molecule has 1 heterocycles. The van der Waals surface area contributed by atoms with Gasteiger partial charge in [0.05, 0.1) is 5.69 Å². The van der Waals surface area contributed by atoms with Crippen molar-refractivity contribution in [1.82, 2.24) is 4.98 Å². The molecule has 0 atom stereocenters.